The Hall–Kier alpha value is -1.88. The fourth-order valence-electron chi connectivity index (χ4n) is 1.07. The quantitative estimate of drug-likeness (QED) is 0.356. The standard InChI is InChI=1S/C11H12N2O2S/c1-15-10(13-11(12)16)7-9(14)8-5-3-2-4-6-8/h2-7H,1H3,(H3,12,13,16). The lowest BCUT2D eigenvalue weighted by Crippen LogP contribution is -2.29. The second-order valence-corrected chi connectivity index (χ2v) is 3.37. The third kappa shape index (κ3) is 3.70. The number of hydrogen-bond donors (Lipinski definition) is 2. The maximum atomic E-state index is 11.7. The van der Waals surface area contributed by atoms with Gasteiger partial charge in [0.25, 0.3) is 0 Å². The van der Waals surface area contributed by atoms with Gasteiger partial charge in [-0.05, 0) is 12.2 Å². The average Bonchev–Trinajstić information content (AvgIpc) is 2.28. The van der Waals surface area contributed by atoms with E-state index >= 15 is 0 Å². The van der Waals surface area contributed by atoms with Gasteiger partial charge >= 0.3 is 0 Å². The summed E-state index contributed by atoms with van der Waals surface area (Å²) in [5.74, 6) is 0.0440. The summed E-state index contributed by atoms with van der Waals surface area (Å²) in [5.41, 5.74) is 5.84. The normalized spacial score (nSPS) is 10.7. The number of carbonyl (C=O) groups is 1. The zero-order valence-electron chi connectivity index (χ0n) is 8.77. The van der Waals surface area contributed by atoms with Crippen molar-refractivity contribution >= 4 is 23.1 Å². The first kappa shape index (κ1) is 12.2. The molecule has 0 heterocycles. The van der Waals surface area contributed by atoms with E-state index in [1.165, 1.54) is 13.2 Å². The molecule has 4 nitrogen and oxygen atoms in total. The smallest absolute Gasteiger partial charge is 0.196 e. The fourth-order valence-corrected chi connectivity index (χ4v) is 1.17. The fraction of sp³-hybridized carbons (Fsp3) is 0.0909. The molecule has 0 bridgehead atoms. The zero-order chi connectivity index (χ0) is 12.0. The predicted octanol–water partition coefficient (Wildman–Crippen LogP) is 1.19. The van der Waals surface area contributed by atoms with Crippen LogP contribution in [-0.2, 0) is 4.74 Å². The molecule has 0 saturated carbocycles. The number of nitrogens with two attached hydrogens (primary N) is 1. The van der Waals surface area contributed by atoms with Crippen molar-refractivity contribution in [1.82, 2.24) is 5.32 Å². The number of benzene rings is 1. The Morgan fingerprint density at radius 3 is 2.56 bits per heavy atom. The van der Waals surface area contributed by atoms with Gasteiger partial charge < -0.3 is 15.8 Å². The minimum absolute atomic E-state index is 0.0500. The lowest BCUT2D eigenvalue weighted by atomic mass is 10.1. The van der Waals surface area contributed by atoms with Crippen molar-refractivity contribution in [2.24, 2.45) is 5.73 Å². The Morgan fingerprint density at radius 2 is 2.06 bits per heavy atom. The molecule has 0 unspecified atom stereocenters. The first-order valence-electron chi connectivity index (χ1n) is 4.55. The second-order valence-electron chi connectivity index (χ2n) is 2.93. The van der Waals surface area contributed by atoms with Crippen molar-refractivity contribution in [3.05, 3.63) is 47.9 Å². The molecule has 0 amide bonds. The molecule has 1 rings (SSSR count). The van der Waals surface area contributed by atoms with E-state index in [9.17, 15) is 4.79 Å². The first-order valence-corrected chi connectivity index (χ1v) is 4.96. The predicted molar refractivity (Wildman–Crippen MR) is 65.8 cm³/mol. The summed E-state index contributed by atoms with van der Waals surface area (Å²) in [6.45, 7) is 0. The highest BCUT2D eigenvalue weighted by Gasteiger charge is 2.05. The van der Waals surface area contributed by atoms with Gasteiger partial charge in [0.1, 0.15) is 0 Å². The molecule has 0 aliphatic carbocycles. The zero-order valence-corrected chi connectivity index (χ0v) is 9.58. The van der Waals surface area contributed by atoms with Gasteiger partial charge in [-0.2, -0.15) is 0 Å². The maximum absolute atomic E-state index is 11.7. The third-order valence-electron chi connectivity index (χ3n) is 1.79. The lowest BCUT2D eigenvalue weighted by Gasteiger charge is -2.06. The molecule has 3 N–H and O–H groups in total. The van der Waals surface area contributed by atoms with Crippen LogP contribution in [0.1, 0.15) is 10.4 Å². The Bertz CT molecular complexity index is 415. The van der Waals surface area contributed by atoms with Crippen LogP contribution in [0.3, 0.4) is 0 Å². The van der Waals surface area contributed by atoms with Crippen molar-refractivity contribution < 1.29 is 9.53 Å². The van der Waals surface area contributed by atoms with Crippen LogP contribution >= 0.6 is 12.2 Å². The summed E-state index contributed by atoms with van der Waals surface area (Å²) < 4.78 is 4.91. The number of allylic oxidation sites excluding steroid dienone is 1. The molecule has 0 aliphatic rings. The molecule has 5 heteroatoms. The Kier molecular flexibility index (Phi) is 4.47. The van der Waals surface area contributed by atoms with Crippen LogP contribution in [0.4, 0.5) is 0 Å². The van der Waals surface area contributed by atoms with Crippen molar-refractivity contribution in [2.75, 3.05) is 7.11 Å². The van der Waals surface area contributed by atoms with Crippen molar-refractivity contribution in [3.63, 3.8) is 0 Å². The maximum Gasteiger partial charge on any atom is 0.196 e. The molecule has 0 aromatic heterocycles. The van der Waals surface area contributed by atoms with Gasteiger partial charge in [0.15, 0.2) is 16.8 Å². The number of ketones is 1. The number of rotatable bonds is 4. The lowest BCUT2D eigenvalue weighted by molar-refractivity contribution is 0.104. The number of methoxy groups -OCH3 is 1. The van der Waals surface area contributed by atoms with Crippen molar-refractivity contribution in [2.45, 2.75) is 0 Å². The molecule has 0 radical (unpaired) electrons. The molecule has 0 aliphatic heterocycles. The summed E-state index contributed by atoms with van der Waals surface area (Å²) in [7, 11) is 1.43. The number of ether oxygens (including phenoxy) is 1. The van der Waals surface area contributed by atoms with Crippen LogP contribution in [-0.4, -0.2) is 18.0 Å². The van der Waals surface area contributed by atoms with Gasteiger partial charge in [0.05, 0.1) is 7.11 Å². The molecule has 0 saturated heterocycles. The second kappa shape index (κ2) is 5.87. The SMILES string of the molecule is COC(=CC(=O)c1ccccc1)NC(N)=S. The molecule has 1 aromatic carbocycles. The highest BCUT2D eigenvalue weighted by molar-refractivity contribution is 7.80. The minimum Gasteiger partial charge on any atom is -0.482 e. The molecular weight excluding hydrogens is 224 g/mol. The van der Waals surface area contributed by atoms with Crippen LogP contribution < -0.4 is 11.1 Å². The molecule has 0 atom stereocenters. The van der Waals surface area contributed by atoms with Gasteiger partial charge in [0, 0.05) is 11.6 Å². The van der Waals surface area contributed by atoms with Gasteiger partial charge in [-0.3, -0.25) is 4.79 Å². The van der Waals surface area contributed by atoms with Crippen molar-refractivity contribution in [1.29, 1.82) is 0 Å². The number of carbonyl (C=O) groups excluding carboxylic acids is 1. The molecule has 0 fully saturated rings. The van der Waals surface area contributed by atoms with Crippen LogP contribution in [0.25, 0.3) is 0 Å². The Morgan fingerprint density at radius 1 is 1.44 bits per heavy atom. The van der Waals surface area contributed by atoms with E-state index < -0.39 is 0 Å². The van der Waals surface area contributed by atoms with Gasteiger partial charge in [-0.1, -0.05) is 30.3 Å². The van der Waals surface area contributed by atoms with Gasteiger partial charge in [0.2, 0.25) is 0 Å². The summed E-state index contributed by atoms with van der Waals surface area (Å²) in [5, 5.41) is 2.61. The average molecular weight is 236 g/mol. The first-order chi connectivity index (χ1) is 7.63. The topological polar surface area (TPSA) is 64.3 Å². The summed E-state index contributed by atoms with van der Waals surface area (Å²) >= 11 is 4.64. The molecular formula is C11H12N2O2S. The Balaban J connectivity index is 2.82. The number of hydrogen-bond acceptors (Lipinski definition) is 3. The van der Waals surface area contributed by atoms with Crippen molar-refractivity contribution in [3.8, 4) is 0 Å². The molecule has 84 valence electrons. The molecule has 1 aromatic rings. The van der Waals surface area contributed by atoms with Crippen LogP contribution in [0.5, 0.6) is 0 Å². The van der Waals surface area contributed by atoms with E-state index in [-0.39, 0.29) is 16.8 Å². The van der Waals surface area contributed by atoms with Crippen LogP contribution in [0.2, 0.25) is 0 Å². The third-order valence-corrected chi connectivity index (χ3v) is 1.89. The van der Waals surface area contributed by atoms with E-state index in [4.69, 9.17) is 10.5 Å². The van der Waals surface area contributed by atoms with E-state index in [1.807, 2.05) is 6.07 Å². The monoisotopic (exact) mass is 236 g/mol. The number of nitrogens with one attached hydrogen (secondary N) is 1. The van der Waals surface area contributed by atoms with E-state index in [0.29, 0.717) is 5.56 Å². The molecule has 16 heavy (non-hydrogen) atoms. The highest BCUT2D eigenvalue weighted by atomic mass is 32.1. The van der Waals surface area contributed by atoms with E-state index in [1.54, 1.807) is 24.3 Å². The summed E-state index contributed by atoms with van der Waals surface area (Å²) in [4.78, 5) is 11.7. The Labute approximate surface area is 99.1 Å². The largest absolute Gasteiger partial charge is 0.482 e. The van der Waals surface area contributed by atoms with E-state index in [0.717, 1.165) is 0 Å². The molecule has 0 spiro atoms. The van der Waals surface area contributed by atoms with Crippen LogP contribution in [0.15, 0.2) is 42.3 Å². The highest BCUT2D eigenvalue weighted by Crippen LogP contribution is 2.02. The summed E-state index contributed by atoms with van der Waals surface area (Å²) in [6, 6.07) is 8.84. The van der Waals surface area contributed by atoms with Gasteiger partial charge in [-0.25, -0.2) is 0 Å². The minimum atomic E-state index is -0.179. The van der Waals surface area contributed by atoms with Gasteiger partial charge in [-0.15, -0.1) is 0 Å². The number of thiocarbonyl (C=S) groups is 1. The van der Waals surface area contributed by atoms with E-state index in [2.05, 4.69) is 17.5 Å². The summed E-state index contributed by atoms with van der Waals surface area (Å²) in [6.07, 6.45) is 1.30. The van der Waals surface area contributed by atoms with Crippen LogP contribution in [0, 0.1) is 0 Å².